The third kappa shape index (κ3) is 6.35. The molecule has 0 radical (unpaired) electrons. The van der Waals surface area contributed by atoms with Crippen molar-refractivity contribution in [3.05, 3.63) is 0 Å². The zero-order chi connectivity index (χ0) is 6.41. The van der Waals surface area contributed by atoms with E-state index in [1.54, 1.807) is 0 Å². The molecule has 0 aromatic carbocycles. The lowest BCUT2D eigenvalue weighted by Gasteiger charge is -2.03. The van der Waals surface area contributed by atoms with Gasteiger partial charge >= 0.3 is 0 Å². The van der Waals surface area contributed by atoms with Gasteiger partial charge in [0.15, 0.2) is 0 Å². The van der Waals surface area contributed by atoms with Crippen LogP contribution >= 0.6 is 8.30 Å². The van der Waals surface area contributed by atoms with Crippen LogP contribution in [-0.2, 0) is 4.52 Å². The second-order valence-corrected chi connectivity index (χ2v) is 3.08. The summed E-state index contributed by atoms with van der Waals surface area (Å²) in [7, 11) is -0.612. The Kier molecular flexibility index (Phi) is 5.73. The lowest BCUT2D eigenvalue weighted by molar-refractivity contribution is 0.344. The molecule has 0 saturated heterocycles. The molecule has 3 heteroatoms. The van der Waals surface area contributed by atoms with Crippen LogP contribution in [0.3, 0.4) is 0 Å². The quantitative estimate of drug-likeness (QED) is 0.470. The highest BCUT2D eigenvalue weighted by Crippen LogP contribution is 2.19. The predicted octanol–water partition coefficient (Wildman–Crippen LogP) is 1.70. The highest BCUT2D eigenvalue weighted by atomic mass is 31.2. The summed E-state index contributed by atoms with van der Waals surface area (Å²) in [5.74, 6) is 0. The Morgan fingerprint density at radius 1 is 1.62 bits per heavy atom. The SMILES string of the molecule is CCCCOP(C)N. The molecule has 1 atom stereocenters. The maximum absolute atomic E-state index is 5.38. The van der Waals surface area contributed by atoms with Crippen LogP contribution in [0, 0.1) is 0 Å². The molecule has 0 spiro atoms. The largest absolute Gasteiger partial charge is 0.344 e. The molecule has 0 bridgehead atoms. The fourth-order valence-corrected chi connectivity index (χ4v) is 0.770. The molecule has 8 heavy (non-hydrogen) atoms. The van der Waals surface area contributed by atoms with Gasteiger partial charge in [0, 0.05) is 0 Å². The van der Waals surface area contributed by atoms with Crippen molar-refractivity contribution in [3.8, 4) is 0 Å². The predicted molar refractivity (Wildman–Crippen MR) is 37.9 cm³/mol. The first-order valence-electron chi connectivity index (χ1n) is 2.88. The monoisotopic (exact) mass is 135 g/mol. The van der Waals surface area contributed by atoms with Gasteiger partial charge in [0.05, 0.1) is 14.9 Å². The van der Waals surface area contributed by atoms with E-state index in [2.05, 4.69) is 6.92 Å². The second-order valence-electron chi connectivity index (χ2n) is 1.73. The molecule has 0 aliphatic heterocycles. The van der Waals surface area contributed by atoms with E-state index in [0.717, 1.165) is 13.0 Å². The molecule has 2 N–H and O–H groups in total. The van der Waals surface area contributed by atoms with Gasteiger partial charge in [-0.15, -0.1) is 0 Å². The van der Waals surface area contributed by atoms with Crippen LogP contribution < -0.4 is 5.50 Å². The molecule has 2 nitrogen and oxygen atoms in total. The van der Waals surface area contributed by atoms with Gasteiger partial charge < -0.3 is 4.52 Å². The summed E-state index contributed by atoms with van der Waals surface area (Å²) < 4.78 is 5.12. The van der Waals surface area contributed by atoms with Crippen molar-refractivity contribution >= 4 is 8.30 Å². The Labute approximate surface area is 52.3 Å². The van der Waals surface area contributed by atoms with Crippen LogP contribution in [0.25, 0.3) is 0 Å². The number of rotatable bonds is 4. The van der Waals surface area contributed by atoms with E-state index >= 15 is 0 Å². The molecule has 0 aromatic rings. The van der Waals surface area contributed by atoms with Crippen molar-refractivity contribution in [1.82, 2.24) is 0 Å². The average molecular weight is 135 g/mol. The first-order chi connectivity index (χ1) is 3.77. The van der Waals surface area contributed by atoms with Crippen molar-refractivity contribution < 1.29 is 4.52 Å². The molecule has 0 aliphatic carbocycles. The topological polar surface area (TPSA) is 35.2 Å². The molecular formula is C5H14NOP. The van der Waals surface area contributed by atoms with Gasteiger partial charge in [0.2, 0.25) is 0 Å². The minimum Gasteiger partial charge on any atom is -0.344 e. The maximum atomic E-state index is 5.38. The Morgan fingerprint density at radius 2 is 2.25 bits per heavy atom. The zero-order valence-corrected chi connectivity index (χ0v) is 6.45. The van der Waals surface area contributed by atoms with Crippen molar-refractivity contribution in [2.75, 3.05) is 13.3 Å². The van der Waals surface area contributed by atoms with Crippen molar-refractivity contribution in [1.29, 1.82) is 0 Å². The molecule has 1 unspecified atom stereocenters. The molecule has 0 rings (SSSR count). The average Bonchev–Trinajstić information content (AvgIpc) is 1.66. The van der Waals surface area contributed by atoms with E-state index < -0.39 is 8.30 Å². The smallest absolute Gasteiger partial charge is 0.0950 e. The van der Waals surface area contributed by atoms with Crippen molar-refractivity contribution in [3.63, 3.8) is 0 Å². The minimum atomic E-state index is -0.612. The summed E-state index contributed by atoms with van der Waals surface area (Å²) in [6, 6.07) is 0. The Morgan fingerprint density at radius 3 is 2.62 bits per heavy atom. The Balaban J connectivity index is 2.72. The number of unbranched alkanes of at least 4 members (excludes halogenated alkanes) is 1. The van der Waals surface area contributed by atoms with E-state index in [4.69, 9.17) is 10.0 Å². The van der Waals surface area contributed by atoms with Crippen LogP contribution in [0.5, 0.6) is 0 Å². The van der Waals surface area contributed by atoms with Gasteiger partial charge in [0.25, 0.3) is 0 Å². The summed E-state index contributed by atoms with van der Waals surface area (Å²) in [5.41, 5.74) is 5.38. The van der Waals surface area contributed by atoms with E-state index in [1.807, 2.05) is 6.66 Å². The van der Waals surface area contributed by atoms with Crippen molar-refractivity contribution in [2.45, 2.75) is 19.8 Å². The lowest BCUT2D eigenvalue weighted by atomic mass is 10.4. The van der Waals surface area contributed by atoms with Gasteiger partial charge in [-0.3, -0.25) is 5.50 Å². The van der Waals surface area contributed by atoms with E-state index in [9.17, 15) is 0 Å². The molecule has 0 fully saturated rings. The minimum absolute atomic E-state index is 0.612. The number of hydrogen-bond donors (Lipinski definition) is 1. The summed E-state index contributed by atoms with van der Waals surface area (Å²) in [4.78, 5) is 0. The summed E-state index contributed by atoms with van der Waals surface area (Å²) in [5, 5.41) is 0. The molecule has 0 aromatic heterocycles. The third-order valence-electron chi connectivity index (χ3n) is 0.793. The summed E-state index contributed by atoms with van der Waals surface area (Å²) in [6.45, 7) is 4.87. The molecule has 0 aliphatic rings. The first-order valence-corrected chi connectivity index (χ1v) is 4.66. The van der Waals surface area contributed by atoms with E-state index in [1.165, 1.54) is 6.42 Å². The van der Waals surface area contributed by atoms with Crippen LogP contribution in [-0.4, -0.2) is 13.3 Å². The molecule has 0 saturated carbocycles. The highest BCUT2D eigenvalue weighted by molar-refractivity contribution is 7.48. The van der Waals surface area contributed by atoms with Gasteiger partial charge in [-0.2, -0.15) is 0 Å². The summed E-state index contributed by atoms with van der Waals surface area (Å²) in [6.07, 6.45) is 2.31. The molecule has 0 amide bonds. The van der Waals surface area contributed by atoms with Crippen molar-refractivity contribution in [2.24, 2.45) is 5.50 Å². The fourth-order valence-electron chi connectivity index (χ4n) is 0.353. The van der Waals surface area contributed by atoms with Gasteiger partial charge in [-0.05, 0) is 13.1 Å². The van der Waals surface area contributed by atoms with E-state index in [-0.39, 0.29) is 0 Å². The second kappa shape index (κ2) is 5.49. The van der Waals surface area contributed by atoms with Gasteiger partial charge in [-0.25, -0.2) is 0 Å². The van der Waals surface area contributed by atoms with Gasteiger partial charge in [-0.1, -0.05) is 13.3 Å². The number of hydrogen-bond acceptors (Lipinski definition) is 2. The summed E-state index contributed by atoms with van der Waals surface area (Å²) >= 11 is 0. The normalized spacial score (nSPS) is 13.9. The van der Waals surface area contributed by atoms with Crippen LogP contribution in [0.2, 0.25) is 0 Å². The first kappa shape index (κ1) is 8.35. The molecule has 50 valence electrons. The molecular weight excluding hydrogens is 121 g/mol. The van der Waals surface area contributed by atoms with Crippen LogP contribution in [0.1, 0.15) is 19.8 Å². The third-order valence-corrected chi connectivity index (χ3v) is 1.38. The van der Waals surface area contributed by atoms with Gasteiger partial charge in [0.1, 0.15) is 0 Å². The maximum Gasteiger partial charge on any atom is 0.0950 e. The lowest BCUT2D eigenvalue weighted by Crippen LogP contribution is -1.93. The van der Waals surface area contributed by atoms with Crippen LogP contribution in [0.15, 0.2) is 0 Å². The molecule has 0 heterocycles. The zero-order valence-electron chi connectivity index (χ0n) is 5.55. The fraction of sp³-hybridized carbons (Fsp3) is 1.00. The van der Waals surface area contributed by atoms with Crippen LogP contribution in [0.4, 0.5) is 0 Å². The Hall–Kier alpha value is 0.350. The number of nitrogens with two attached hydrogens (primary N) is 1. The van der Waals surface area contributed by atoms with E-state index in [0.29, 0.717) is 0 Å². The standard InChI is InChI=1S/C5H14NOP/c1-3-4-5-7-8(2)6/h3-6H2,1-2H3. The Bertz CT molecular complexity index is 49.7. The highest BCUT2D eigenvalue weighted by Gasteiger charge is 1.89.